The van der Waals surface area contributed by atoms with E-state index in [0.29, 0.717) is 35.3 Å². The van der Waals surface area contributed by atoms with Crippen LogP contribution in [0.4, 0.5) is 0 Å². The van der Waals surface area contributed by atoms with Gasteiger partial charge < -0.3 is 24.3 Å². The number of carbonyl (C=O) groups excluding carboxylic acids is 3. The van der Waals surface area contributed by atoms with Gasteiger partial charge in [0.2, 0.25) is 0 Å². The van der Waals surface area contributed by atoms with Gasteiger partial charge in [-0.2, -0.15) is 0 Å². The Bertz CT molecular complexity index is 1260. The monoisotopic (exact) mass is 463 g/mol. The predicted molar refractivity (Wildman–Crippen MR) is 122 cm³/mol. The maximum Gasteiger partial charge on any atom is 0.354 e. The molecular formula is C24H25N5O5. The van der Waals surface area contributed by atoms with E-state index in [4.69, 9.17) is 4.74 Å². The third kappa shape index (κ3) is 3.98. The number of aromatic amines is 1. The zero-order valence-electron chi connectivity index (χ0n) is 19.1. The van der Waals surface area contributed by atoms with Crippen molar-refractivity contribution in [2.24, 2.45) is 0 Å². The molecule has 2 N–H and O–H groups in total. The molecule has 0 radical (unpaired) electrons. The van der Waals surface area contributed by atoms with Crippen LogP contribution in [0.3, 0.4) is 0 Å². The summed E-state index contributed by atoms with van der Waals surface area (Å²) in [6, 6.07) is 2.66. The van der Waals surface area contributed by atoms with Crippen LogP contribution in [-0.2, 0) is 20.9 Å². The first-order valence-corrected chi connectivity index (χ1v) is 10.8. The summed E-state index contributed by atoms with van der Waals surface area (Å²) in [5.74, 6) is -2.41. The van der Waals surface area contributed by atoms with Crippen molar-refractivity contribution in [1.29, 1.82) is 0 Å². The number of esters is 1. The molecule has 0 aromatic carbocycles. The molecule has 176 valence electrons. The van der Waals surface area contributed by atoms with Crippen molar-refractivity contribution in [3.63, 3.8) is 0 Å². The minimum atomic E-state index is -0.813. The molecular weight excluding hydrogens is 438 g/mol. The Morgan fingerprint density at radius 2 is 2.00 bits per heavy atom. The minimum Gasteiger partial charge on any atom is -0.507 e. The first-order chi connectivity index (χ1) is 16.3. The fraction of sp³-hybridized carbons (Fsp3) is 0.292. The van der Waals surface area contributed by atoms with Crippen LogP contribution in [0, 0.1) is 13.8 Å². The highest BCUT2D eigenvalue weighted by atomic mass is 16.5. The van der Waals surface area contributed by atoms with Gasteiger partial charge >= 0.3 is 5.97 Å². The number of methoxy groups -OCH3 is 1. The summed E-state index contributed by atoms with van der Waals surface area (Å²) in [5.41, 5.74) is 1.94. The van der Waals surface area contributed by atoms with Crippen molar-refractivity contribution in [1.82, 2.24) is 24.4 Å². The molecule has 0 unspecified atom stereocenters. The van der Waals surface area contributed by atoms with Gasteiger partial charge in [-0.3, -0.25) is 14.6 Å². The number of nitrogens with one attached hydrogen (secondary N) is 1. The summed E-state index contributed by atoms with van der Waals surface area (Å²) in [4.78, 5) is 50.9. The Morgan fingerprint density at radius 3 is 2.65 bits per heavy atom. The number of hydrogen-bond acceptors (Lipinski definition) is 7. The lowest BCUT2D eigenvalue weighted by molar-refractivity contribution is -0.139. The number of ketones is 1. The maximum atomic E-state index is 13.2. The lowest BCUT2D eigenvalue weighted by Crippen LogP contribution is -2.31. The Balaban J connectivity index is 1.78. The van der Waals surface area contributed by atoms with E-state index >= 15 is 0 Å². The van der Waals surface area contributed by atoms with Crippen LogP contribution in [0.5, 0.6) is 0 Å². The highest BCUT2D eigenvalue weighted by Gasteiger charge is 2.46. The van der Waals surface area contributed by atoms with Gasteiger partial charge in [0.1, 0.15) is 11.5 Å². The zero-order valence-corrected chi connectivity index (χ0v) is 19.1. The standard InChI is InChI=1S/C24H25N5O5/c1-14-17(15(2)27-19(14)24(33)34-3)21(30)18-20(16-6-4-7-25-12-16)29(23(32)22(18)31)10-5-9-28-11-8-26-13-28/h4,6-8,11-13,20,27,30H,5,9-10H2,1-3H3/t20-/m0/s1. The molecule has 0 bridgehead atoms. The molecule has 3 aromatic heterocycles. The summed E-state index contributed by atoms with van der Waals surface area (Å²) < 4.78 is 6.68. The minimum absolute atomic E-state index is 0.0396. The SMILES string of the molecule is COC(=O)c1[nH]c(C)c(C(O)=C2C(=O)C(=O)N(CCCn3ccnc3)[C@H]2c2cccnc2)c1C. The topological polar surface area (TPSA) is 130 Å². The van der Waals surface area contributed by atoms with Gasteiger partial charge in [-0.05, 0) is 37.5 Å². The number of likely N-dealkylation sites (tertiary alicyclic amines) is 1. The molecule has 1 atom stereocenters. The van der Waals surface area contributed by atoms with Gasteiger partial charge in [-0.25, -0.2) is 9.78 Å². The highest BCUT2D eigenvalue weighted by Crippen LogP contribution is 2.40. The van der Waals surface area contributed by atoms with Gasteiger partial charge in [-0.1, -0.05) is 6.07 Å². The number of aliphatic hydroxyl groups is 1. The number of Topliss-reactive ketones (excluding diaryl/α,β-unsaturated/α-hetero) is 1. The zero-order chi connectivity index (χ0) is 24.4. The number of nitrogens with zero attached hydrogens (tertiary/aromatic N) is 4. The molecule has 0 aliphatic carbocycles. The summed E-state index contributed by atoms with van der Waals surface area (Å²) in [6.45, 7) is 4.22. The molecule has 34 heavy (non-hydrogen) atoms. The largest absolute Gasteiger partial charge is 0.507 e. The smallest absolute Gasteiger partial charge is 0.354 e. The number of ether oxygens (including phenoxy) is 1. The predicted octanol–water partition coefficient (Wildman–Crippen LogP) is 2.52. The Morgan fingerprint density at radius 1 is 1.21 bits per heavy atom. The lowest BCUT2D eigenvalue weighted by Gasteiger charge is -2.25. The van der Waals surface area contributed by atoms with Crippen LogP contribution in [0.2, 0.25) is 0 Å². The highest BCUT2D eigenvalue weighted by molar-refractivity contribution is 6.46. The lowest BCUT2D eigenvalue weighted by atomic mass is 9.95. The van der Waals surface area contributed by atoms with Crippen LogP contribution in [-0.4, -0.2) is 60.8 Å². The molecule has 4 heterocycles. The number of imidazole rings is 1. The summed E-state index contributed by atoms with van der Waals surface area (Å²) in [5, 5.41) is 11.3. The van der Waals surface area contributed by atoms with Crippen LogP contribution in [0.15, 0.2) is 48.8 Å². The van der Waals surface area contributed by atoms with Crippen LogP contribution in [0.25, 0.3) is 5.76 Å². The maximum absolute atomic E-state index is 13.2. The number of carbonyl (C=O) groups is 3. The van der Waals surface area contributed by atoms with Crippen molar-refractivity contribution in [3.05, 3.63) is 76.9 Å². The Kier molecular flexibility index (Phi) is 6.31. The van der Waals surface area contributed by atoms with Gasteiger partial charge in [0.05, 0.1) is 25.1 Å². The van der Waals surface area contributed by atoms with E-state index in [-0.39, 0.29) is 23.6 Å². The third-order valence-electron chi connectivity index (χ3n) is 5.98. The molecule has 3 aromatic rings. The van der Waals surface area contributed by atoms with E-state index in [9.17, 15) is 19.5 Å². The normalized spacial score (nSPS) is 17.4. The molecule has 1 saturated heterocycles. The number of amides is 1. The van der Waals surface area contributed by atoms with Crippen LogP contribution in [0.1, 0.15) is 45.3 Å². The molecule has 0 spiro atoms. The quantitative estimate of drug-likeness (QED) is 0.238. The van der Waals surface area contributed by atoms with Gasteiger partial charge in [-0.15, -0.1) is 0 Å². The average Bonchev–Trinajstić information content (AvgIpc) is 3.52. The average molecular weight is 463 g/mol. The van der Waals surface area contributed by atoms with Crippen molar-refractivity contribution in [2.45, 2.75) is 32.9 Å². The first kappa shape index (κ1) is 23.0. The Labute approximate surface area is 195 Å². The molecule has 1 aliphatic heterocycles. The molecule has 10 heteroatoms. The summed E-state index contributed by atoms with van der Waals surface area (Å²) in [6.07, 6.45) is 8.92. The number of H-pyrrole nitrogens is 1. The molecule has 4 rings (SSSR count). The molecule has 1 amide bonds. The van der Waals surface area contributed by atoms with E-state index in [0.717, 1.165) is 0 Å². The van der Waals surface area contributed by atoms with Crippen molar-refractivity contribution in [2.75, 3.05) is 13.7 Å². The molecule has 0 saturated carbocycles. The fourth-order valence-corrected chi connectivity index (χ4v) is 4.38. The summed E-state index contributed by atoms with van der Waals surface area (Å²) >= 11 is 0. The van der Waals surface area contributed by atoms with Gasteiger partial charge in [0.25, 0.3) is 11.7 Å². The van der Waals surface area contributed by atoms with Gasteiger partial charge in [0, 0.05) is 49.1 Å². The van der Waals surface area contributed by atoms with E-state index < -0.39 is 23.7 Å². The van der Waals surface area contributed by atoms with E-state index in [1.54, 1.807) is 50.9 Å². The van der Waals surface area contributed by atoms with Crippen molar-refractivity contribution < 1.29 is 24.2 Å². The second kappa shape index (κ2) is 9.34. The first-order valence-electron chi connectivity index (χ1n) is 10.8. The number of rotatable bonds is 7. The molecule has 10 nitrogen and oxygen atoms in total. The fourth-order valence-electron chi connectivity index (χ4n) is 4.38. The van der Waals surface area contributed by atoms with Gasteiger partial charge in [0.15, 0.2) is 0 Å². The second-order valence-corrected chi connectivity index (χ2v) is 8.05. The summed E-state index contributed by atoms with van der Waals surface area (Å²) in [7, 11) is 1.26. The Hall–Kier alpha value is -4.21. The number of aryl methyl sites for hydroxylation is 2. The second-order valence-electron chi connectivity index (χ2n) is 8.05. The van der Waals surface area contributed by atoms with Crippen LogP contribution < -0.4 is 0 Å². The van der Waals surface area contributed by atoms with Crippen molar-refractivity contribution >= 4 is 23.4 Å². The number of hydrogen-bond donors (Lipinski definition) is 2. The van der Waals surface area contributed by atoms with E-state index in [1.807, 2.05) is 10.8 Å². The molecule has 1 aliphatic rings. The van der Waals surface area contributed by atoms with Crippen LogP contribution >= 0.6 is 0 Å². The van der Waals surface area contributed by atoms with E-state index in [1.165, 1.54) is 12.0 Å². The number of aliphatic hydroxyl groups excluding tert-OH is 1. The third-order valence-corrected chi connectivity index (χ3v) is 5.98. The number of aromatic nitrogens is 4. The molecule has 1 fully saturated rings. The number of pyridine rings is 1. The van der Waals surface area contributed by atoms with Crippen molar-refractivity contribution in [3.8, 4) is 0 Å². The van der Waals surface area contributed by atoms with E-state index in [2.05, 4.69) is 15.0 Å².